The van der Waals surface area contributed by atoms with Crippen molar-refractivity contribution in [3.8, 4) is 0 Å². The van der Waals surface area contributed by atoms with E-state index in [1.165, 1.54) is 6.42 Å². The van der Waals surface area contributed by atoms with E-state index in [2.05, 4.69) is 4.72 Å². The topological polar surface area (TPSA) is 78.8 Å². The molecule has 2 aromatic rings. The summed E-state index contributed by atoms with van der Waals surface area (Å²) in [6, 6.07) is 17.0. The van der Waals surface area contributed by atoms with Gasteiger partial charge in [0.15, 0.2) is 0 Å². The van der Waals surface area contributed by atoms with E-state index in [9.17, 15) is 13.2 Å². The number of benzene rings is 2. The highest BCUT2D eigenvalue weighted by Gasteiger charge is 2.36. The quantitative estimate of drug-likeness (QED) is 0.775. The highest BCUT2D eigenvalue weighted by Crippen LogP contribution is 2.36. The standard InChI is InChI=1S/C23H27N3O3S/c1-30(28,29)25-20-14-8-13-19(15-20)21-16-22(17-9-4-2-5-10-17)26(24-21)23(27)18-11-6-3-7-12-18/h2,4-5,8-10,13-15,18,22,25H,3,6-7,11-12,16H2,1H3/t22-/m0/s1. The summed E-state index contributed by atoms with van der Waals surface area (Å²) in [5.74, 6) is 0.135. The van der Waals surface area contributed by atoms with Gasteiger partial charge in [0.05, 0.1) is 18.0 Å². The Balaban J connectivity index is 1.65. The molecule has 0 bridgehead atoms. The fourth-order valence-corrected chi connectivity index (χ4v) is 4.89. The molecule has 1 aliphatic carbocycles. The summed E-state index contributed by atoms with van der Waals surface area (Å²) in [6.45, 7) is 0. The molecule has 1 heterocycles. The van der Waals surface area contributed by atoms with Crippen LogP contribution in [0.3, 0.4) is 0 Å². The van der Waals surface area contributed by atoms with Crippen LogP contribution in [0.15, 0.2) is 59.7 Å². The van der Waals surface area contributed by atoms with Gasteiger partial charge in [-0.05, 0) is 36.1 Å². The molecule has 2 aromatic carbocycles. The van der Waals surface area contributed by atoms with Crippen LogP contribution in [0.2, 0.25) is 0 Å². The summed E-state index contributed by atoms with van der Waals surface area (Å²) in [5.41, 5.74) is 3.17. The minimum atomic E-state index is -3.36. The number of nitrogens with one attached hydrogen (secondary N) is 1. The Labute approximate surface area is 178 Å². The monoisotopic (exact) mass is 425 g/mol. The molecule has 0 spiro atoms. The molecular weight excluding hydrogens is 398 g/mol. The first-order valence-corrected chi connectivity index (χ1v) is 12.3. The van der Waals surface area contributed by atoms with E-state index in [1.54, 1.807) is 23.2 Å². The Morgan fingerprint density at radius 1 is 1.03 bits per heavy atom. The number of carbonyl (C=O) groups is 1. The summed E-state index contributed by atoms with van der Waals surface area (Å²) in [7, 11) is -3.36. The molecule has 6 nitrogen and oxygen atoms in total. The van der Waals surface area contributed by atoms with Gasteiger partial charge in [0.25, 0.3) is 0 Å². The van der Waals surface area contributed by atoms with Gasteiger partial charge in [-0.1, -0.05) is 61.7 Å². The maximum Gasteiger partial charge on any atom is 0.246 e. The maximum absolute atomic E-state index is 13.3. The fraction of sp³-hybridized carbons (Fsp3) is 0.391. The van der Waals surface area contributed by atoms with Crippen LogP contribution in [0.4, 0.5) is 5.69 Å². The largest absolute Gasteiger partial charge is 0.284 e. The Morgan fingerprint density at radius 3 is 2.47 bits per heavy atom. The van der Waals surface area contributed by atoms with Crippen LogP contribution in [0, 0.1) is 5.92 Å². The van der Waals surface area contributed by atoms with Crippen molar-refractivity contribution in [3.05, 3.63) is 65.7 Å². The lowest BCUT2D eigenvalue weighted by Gasteiger charge is -2.28. The molecule has 0 unspecified atom stereocenters. The molecule has 1 N–H and O–H groups in total. The molecular formula is C23H27N3O3S. The third kappa shape index (κ3) is 4.73. The highest BCUT2D eigenvalue weighted by molar-refractivity contribution is 7.92. The summed E-state index contributed by atoms with van der Waals surface area (Å²) in [4.78, 5) is 13.3. The molecule has 0 aromatic heterocycles. The number of sulfonamides is 1. The Kier molecular flexibility index (Phi) is 5.90. The van der Waals surface area contributed by atoms with E-state index in [4.69, 9.17) is 5.10 Å². The minimum Gasteiger partial charge on any atom is -0.284 e. The van der Waals surface area contributed by atoms with Gasteiger partial charge >= 0.3 is 0 Å². The van der Waals surface area contributed by atoms with Crippen molar-refractivity contribution in [2.75, 3.05) is 11.0 Å². The number of amides is 1. The SMILES string of the molecule is CS(=O)(=O)Nc1cccc(C2=NN(C(=O)C3CCCCC3)[C@H](c3ccccc3)C2)c1. The zero-order valence-corrected chi connectivity index (χ0v) is 17.9. The molecule has 2 aliphatic rings. The summed E-state index contributed by atoms with van der Waals surface area (Å²) in [5, 5.41) is 6.43. The van der Waals surface area contributed by atoms with Crippen LogP contribution in [0.25, 0.3) is 0 Å². The lowest BCUT2D eigenvalue weighted by atomic mass is 9.88. The van der Waals surface area contributed by atoms with Gasteiger partial charge in [-0.15, -0.1) is 0 Å². The zero-order chi connectivity index (χ0) is 21.1. The summed E-state index contributed by atoms with van der Waals surface area (Å²) >= 11 is 0. The molecule has 1 aliphatic heterocycles. The van der Waals surface area contributed by atoms with E-state index in [1.807, 2.05) is 36.4 Å². The smallest absolute Gasteiger partial charge is 0.246 e. The van der Waals surface area contributed by atoms with E-state index < -0.39 is 10.0 Å². The molecule has 0 radical (unpaired) electrons. The maximum atomic E-state index is 13.3. The molecule has 7 heteroatoms. The number of hydrogen-bond acceptors (Lipinski definition) is 4. The van der Waals surface area contributed by atoms with Gasteiger partial charge in [-0.2, -0.15) is 5.10 Å². The molecule has 1 saturated carbocycles. The van der Waals surface area contributed by atoms with Crippen LogP contribution in [0.1, 0.15) is 55.7 Å². The summed E-state index contributed by atoms with van der Waals surface area (Å²) in [6.07, 6.45) is 6.96. The van der Waals surface area contributed by atoms with Crippen LogP contribution in [-0.4, -0.2) is 31.3 Å². The first kappa shape index (κ1) is 20.6. The molecule has 1 fully saturated rings. The number of hydrogen-bond donors (Lipinski definition) is 1. The predicted octanol–water partition coefficient (Wildman–Crippen LogP) is 4.32. The number of carbonyl (C=O) groups excluding carboxylic acids is 1. The summed E-state index contributed by atoms with van der Waals surface area (Å²) < 4.78 is 25.7. The van der Waals surface area contributed by atoms with Crippen molar-refractivity contribution in [3.63, 3.8) is 0 Å². The normalized spacial score (nSPS) is 20.1. The molecule has 4 rings (SSSR count). The Hall–Kier alpha value is -2.67. The van der Waals surface area contributed by atoms with Gasteiger partial charge < -0.3 is 0 Å². The molecule has 158 valence electrons. The Morgan fingerprint density at radius 2 is 1.77 bits per heavy atom. The van der Waals surface area contributed by atoms with Gasteiger partial charge in [-0.3, -0.25) is 9.52 Å². The fourth-order valence-electron chi connectivity index (χ4n) is 4.34. The lowest BCUT2D eigenvalue weighted by Crippen LogP contribution is -2.33. The average molecular weight is 426 g/mol. The second kappa shape index (κ2) is 8.60. The molecule has 1 atom stereocenters. The van der Waals surface area contributed by atoms with E-state index >= 15 is 0 Å². The van der Waals surface area contributed by atoms with Gasteiger partial charge in [0.2, 0.25) is 15.9 Å². The number of anilines is 1. The highest BCUT2D eigenvalue weighted by atomic mass is 32.2. The first-order chi connectivity index (χ1) is 14.4. The zero-order valence-electron chi connectivity index (χ0n) is 17.1. The molecule has 1 amide bonds. The second-order valence-electron chi connectivity index (χ2n) is 8.15. The third-order valence-corrected chi connectivity index (χ3v) is 6.38. The van der Waals surface area contributed by atoms with Gasteiger partial charge in [0.1, 0.15) is 0 Å². The molecule has 0 saturated heterocycles. The van der Waals surface area contributed by atoms with Crippen molar-refractivity contribution in [2.24, 2.45) is 11.0 Å². The van der Waals surface area contributed by atoms with Crippen molar-refractivity contribution in [2.45, 2.75) is 44.6 Å². The van der Waals surface area contributed by atoms with Crippen LogP contribution >= 0.6 is 0 Å². The van der Waals surface area contributed by atoms with E-state index in [0.29, 0.717) is 12.1 Å². The number of nitrogens with zero attached hydrogens (tertiary/aromatic N) is 2. The van der Waals surface area contributed by atoms with E-state index in [0.717, 1.165) is 48.8 Å². The minimum absolute atomic E-state index is 0.0336. The van der Waals surface area contributed by atoms with Crippen molar-refractivity contribution in [1.82, 2.24) is 5.01 Å². The van der Waals surface area contributed by atoms with Crippen LogP contribution in [-0.2, 0) is 14.8 Å². The van der Waals surface area contributed by atoms with E-state index in [-0.39, 0.29) is 17.9 Å². The lowest BCUT2D eigenvalue weighted by molar-refractivity contribution is -0.138. The van der Waals surface area contributed by atoms with Crippen LogP contribution < -0.4 is 4.72 Å². The van der Waals surface area contributed by atoms with Crippen molar-refractivity contribution in [1.29, 1.82) is 0 Å². The van der Waals surface area contributed by atoms with Gasteiger partial charge in [-0.25, -0.2) is 13.4 Å². The van der Waals surface area contributed by atoms with Crippen molar-refractivity contribution < 1.29 is 13.2 Å². The van der Waals surface area contributed by atoms with Crippen molar-refractivity contribution >= 4 is 27.3 Å². The van der Waals surface area contributed by atoms with Gasteiger partial charge in [0, 0.05) is 18.0 Å². The predicted molar refractivity (Wildman–Crippen MR) is 119 cm³/mol. The Bertz CT molecular complexity index is 1040. The van der Waals surface area contributed by atoms with Crippen LogP contribution in [0.5, 0.6) is 0 Å². The molecule has 30 heavy (non-hydrogen) atoms. The number of rotatable bonds is 5. The average Bonchev–Trinajstić information content (AvgIpc) is 3.19. The first-order valence-electron chi connectivity index (χ1n) is 10.4. The second-order valence-corrected chi connectivity index (χ2v) is 9.90. The number of hydrazone groups is 1. The third-order valence-electron chi connectivity index (χ3n) is 5.77.